The predicted octanol–water partition coefficient (Wildman–Crippen LogP) is 32.2. The van der Waals surface area contributed by atoms with Crippen LogP contribution in [0.3, 0.4) is 0 Å². The van der Waals surface area contributed by atoms with Gasteiger partial charge in [-0.15, -0.1) is 0 Å². The van der Waals surface area contributed by atoms with Crippen molar-refractivity contribution in [1.29, 1.82) is 0 Å². The average molecular weight is 1800 g/mol. The fraction of sp³-hybridized carbons (Fsp3) is 0.763. The van der Waals surface area contributed by atoms with E-state index in [1.165, 1.54) is 176 Å². The lowest BCUT2D eigenvalue weighted by molar-refractivity contribution is -0.213. The molecule has 16 aliphatic rings. The molecule has 4 aromatic rings. The lowest BCUT2D eigenvalue weighted by Gasteiger charge is -2.62. The predicted molar refractivity (Wildman–Crippen MR) is 536 cm³/mol. The third kappa shape index (κ3) is 26.0. The van der Waals surface area contributed by atoms with Crippen LogP contribution in [-0.4, -0.2) is 66.7 Å². The number of aromatic hydroxyl groups is 4. The summed E-state index contributed by atoms with van der Waals surface area (Å²) in [6, 6.07) is 29.7. The highest BCUT2D eigenvalue weighted by Crippen LogP contribution is 2.69. The molecule has 20 rings (SSSR count). The number of ether oxygens (including phenoxy) is 4. The van der Waals surface area contributed by atoms with E-state index in [0.29, 0.717) is 46.7 Å². The van der Waals surface area contributed by atoms with Gasteiger partial charge in [-0.1, -0.05) is 159 Å². The van der Waals surface area contributed by atoms with Crippen LogP contribution in [-0.2, 0) is 38.1 Å². The van der Waals surface area contributed by atoms with Crippen LogP contribution in [0.5, 0.6) is 23.0 Å². The van der Waals surface area contributed by atoms with E-state index in [2.05, 4.69) is 138 Å². The largest absolute Gasteiger partial charge is 0.508 e. The third-order valence-corrected chi connectivity index (χ3v) is 37.3. The Morgan fingerprint density at radius 2 is 0.485 bits per heavy atom. The van der Waals surface area contributed by atoms with Gasteiger partial charge in [0.15, 0.2) is 0 Å². The Hall–Kier alpha value is -6.04. The molecule has 16 fully saturated rings. The normalized spacial score (nSPS) is 30.4. The molecule has 732 valence electrons. The molecule has 0 radical (unpaired) electrons. The van der Waals surface area contributed by atoms with E-state index in [4.69, 9.17) is 39.4 Å². The van der Waals surface area contributed by atoms with Gasteiger partial charge in [0.2, 0.25) is 0 Å². The van der Waals surface area contributed by atoms with Crippen molar-refractivity contribution in [2.45, 2.75) is 458 Å². The highest BCUT2D eigenvalue weighted by Gasteiger charge is 2.64. The molecule has 12 nitrogen and oxygen atoms in total. The van der Waals surface area contributed by atoms with Gasteiger partial charge in [0.05, 0.1) is 22.2 Å². The molecule has 16 bridgehead atoms. The summed E-state index contributed by atoms with van der Waals surface area (Å²) in [4.78, 5) is 50.4. The second-order valence-corrected chi connectivity index (χ2v) is 48.6. The molecule has 7 atom stereocenters. The number of hydrogen-bond donors (Lipinski definition) is 4. The quantitative estimate of drug-likeness (QED) is 0.0327. The van der Waals surface area contributed by atoms with E-state index in [0.717, 1.165) is 142 Å². The SMILES string of the molecule is CCC(C)(C)C(=O)OC(C)(C)C12CC3CC(CC(C3)C1)C2.CCC(C)(C)C(=O)OC(C)(CC)C12CC3CC(CC(C3)C1)C2.CCC(C)C(=O)OC(C)(C)C12CC3CC(CC(C3)C1)C2.CCC(C)c1ccc(O)cc1.CCC(C)c1ccc(O)cc1.CCC(C)c1ccc(O)cc1.CCC(C)c1ccc(O)cc1.CCCC(C)(OC(=O)C(C)(C)CC)C12CC3CC(CC(C3)C1)C2. The maximum Gasteiger partial charge on any atom is 0.312 e. The van der Waals surface area contributed by atoms with Crippen LogP contribution < -0.4 is 0 Å². The number of carbonyl (C=O) groups excluding carboxylic acids is 4. The molecule has 0 heterocycles. The van der Waals surface area contributed by atoms with E-state index in [1.54, 1.807) is 48.5 Å². The first kappa shape index (κ1) is 108. The molecule has 0 amide bonds. The summed E-state index contributed by atoms with van der Waals surface area (Å²) in [5.41, 5.74) is 4.00. The minimum absolute atomic E-state index is 0.00763. The van der Waals surface area contributed by atoms with Crippen molar-refractivity contribution in [2.75, 3.05) is 0 Å². The van der Waals surface area contributed by atoms with E-state index in [1.807, 2.05) is 97.0 Å². The topological polar surface area (TPSA) is 186 Å². The summed E-state index contributed by atoms with van der Waals surface area (Å²) < 4.78 is 24.8. The number of phenols is 4. The maximum absolute atomic E-state index is 12.9. The van der Waals surface area contributed by atoms with E-state index < -0.39 is 0 Å². The Labute approximate surface area is 792 Å². The fourth-order valence-electron chi connectivity index (χ4n) is 27.0. The molecule has 0 aromatic heterocycles. The average Bonchev–Trinajstić information content (AvgIpc) is 0.685. The Morgan fingerprint density at radius 3 is 0.685 bits per heavy atom. The first-order chi connectivity index (χ1) is 60.9. The Morgan fingerprint density at radius 1 is 0.285 bits per heavy atom. The summed E-state index contributed by atoms with van der Waals surface area (Å²) >= 11 is 0. The van der Waals surface area contributed by atoms with Crippen LogP contribution in [0.2, 0.25) is 0 Å². The molecule has 4 aromatic carbocycles. The molecule has 7 unspecified atom stereocenters. The van der Waals surface area contributed by atoms with Gasteiger partial charge in [-0.2, -0.15) is 0 Å². The van der Waals surface area contributed by atoms with Crippen molar-refractivity contribution < 1.29 is 58.6 Å². The second-order valence-electron chi connectivity index (χ2n) is 48.6. The third-order valence-electron chi connectivity index (χ3n) is 37.3. The minimum atomic E-state index is -0.364. The van der Waals surface area contributed by atoms with Crippen LogP contribution in [0.25, 0.3) is 0 Å². The van der Waals surface area contributed by atoms with Crippen molar-refractivity contribution in [3.05, 3.63) is 119 Å². The summed E-state index contributed by atoms with van der Waals surface area (Å²) in [6.07, 6.45) is 43.8. The highest BCUT2D eigenvalue weighted by molar-refractivity contribution is 5.77. The standard InChI is InChI=1S/C21H36O2.C20H34O2.C19H32O2.C18H30O2.4C10H14O/c1-6-8-20(5,23-18(22)19(3,4)7-2)21-12-15-9-16(13-21)11-17(10-15)14-21;1-6-18(3,4)17(21)22-19(5,7-2)20-11-14-8-15(12-20)10-16(9-14)13-20;1-6-17(2,3)16(20)21-18(4,5)19-10-13-7-14(11-19)9-15(8-13)12-19;1-5-12(2)16(19)20-17(3,4)18-9-13-6-14(10-18)8-15(7-13)11-18;4*1-3-8(2)9-4-6-10(11)7-5-9/h15-17H,6-14H2,1-5H3;14-16H,6-13H2,1-5H3;13-15H,6-12H2,1-5H3;12-15H,5-11H2,1-4H3;4*4-8,11H,3H2,1-2H3. The van der Waals surface area contributed by atoms with Gasteiger partial charge in [0.25, 0.3) is 0 Å². The van der Waals surface area contributed by atoms with Crippen molar-refractivity contribution in [3.63, 3.8) is 0 Å². The molecule has 16 aliphatic carbocycles. The van der Waals surface area contributed by atoms with Crippen molar-refractivity contribution in [2.24, 2.45) is 115 Å². The van der Waals surface area contributed by atoms with Crippen molar-refractivity contribution in [3.8, 4) is 23.0 Å². The van der Waals surface area contributed by atoms with E-state index in [-0.39, 0.29) is 90.1 Å². The fourth-order valence-corrected chi connectivity index (χ4v) is 27.0. The first-order valence-electron chi connectivity index (χ1n) is 53.0. The van der Waals surface area contributed by atoms with Crippen LogP contribution >= 0.6 is 0 Å². The summed E-state index contributed by atoms with van der Waals surface area (Å²) in [6.45, 7) is 57.5. The van der Waals surface area contributed by atoms with Crippen LogP contribution in [0.15, 0.2) is 97.1 Å². The lowest BCUT2D eigenvalue weighted by Crippen LogP contribution is -2.59. The van der Waals surface area contributed by atoms with Gasteiger partial charge in [-0.3, -0.25) is 19.2 Å². The van der Waals surface area contributed by atoms with E-state index >= 15 is 0 Å². The molecule has 130 heavy (non-hydrogen) atoms. The Bertz CT molecular complexity index is 3830. The number of benzene rings is 4. The second kappa shape index (κ2) is 44.8. The molecule has 0 aliphatic heterocycles. The summed E-state index contributed by atoms with van der Waals surface area (Å²) in [5.74, 6) is 14.6. The smallest absolute Gasteiger partial charge is 0.312 e. The van der Waals surface area contributed by atoms with Crippen LogP contribution in [0, 0.1) is 115 Å². The van der Waals surface area contributed by atoms with Gasteiger partial charge in [-0.05, 0) is 467 Å². The maximum atomic E-state index is 12.9. The van der Waals surface area contributed by atoms with Gasteiger partial charge in [-0.25, -0.2) is 0 Å². The molecular formula is C118H188O12. The van der Waals surface area contributed by atoms with Gasteiger partial charge in [0.1, 0.15) is 45.4 Å². The number of rotatable bonds is 27. The molecular weight excluding hydrogens is 1610 g/mol. The van der Waals surface area contributed by atoms with Crippen molar-refractivity contribution >= 4 is 23.9 Å². The summed E-state index contributed by atoms with van der Waals surface area (Å²) in [7, 11) is 0. The number of esters is 4. The van der Waals surface area contributed by atoms with Gasteiger partial charge >= 0.3 is 23.9 Å². The van der Waals surface area contributed by atoms with Crippen LogP contribution in [0.1, 0.15) is 458 Å². The molecule has 12 heteroatoms. The number of phenolic OH excluding ortho intramolecular Hbond substituents is 4. The minimum Gasteiger partial charge on any atom is -0.508 e. The molecule has 4 N–H and O–H groups in total. The van der Waals surface area contributed by atoms with E-state index in [9.17, 15) is 19.2 Å². The monoisotopic (exact) mass is 1800 g/mol. The zero-order chi connectivity index (χ0) is 96.1. The molecule has 0 saturated heterocycles. The van der Waals surface area contributed by atoms with Crippen LogP contribution in [0.4, 0.5) is 0 Å². The molecule has 16 saturated carbocycles. The molecule has 0 spiro atoms. The number of carbonyl (C=O) groups is 4. The Balaban J connectivity index is 0.000000171. The lowest BCUT2D eigenvalue weighted by atomic mass is 9.45. The first-order valence-corrected chi connectivity index (χ1v) is 53.0. The van der Waals surface area contributed by atoms with Gasteiger partial charge < -0.3 is 39.4 Å². The van der Waals surface area contributed by atoms with Crippen molar-refractivity contribution in [1.82, 2.24) is 0 Å². The summed E-state index contributed by atoms with van der Waals surface area (Å²) in [5, 5.41) is 36.0. The number of hydrogen-bond acceptors (Lipinski definition) is 12. The highest BCUT2D eigenvalue weighted by atomic mass is 16.6. The zero-order valence-corrected chi connectivity index (χ0v) is 87.4. The zero-order valence-electron chi connectivity index (χ0n) is 87.4. The van der Waals surface area contributed by atoms with Gasteiger partial charge in [0, 0.05) is 21.7 Å². The Kier molecular flexibility index (Phi) is 37.1.